The number of sulfone groups is 1. The summed E-state index contributed by atoms with van der Waals surface area (Å²) in [5.74, 6) is -0.323. The van der Waals surface area contributed by atoms with Gasteiger partial charge in [0, 0.05) is 18.5 Å². The fraction of sp³-hybridized carbons (Fsp3) is 0.545. The summed E-state index contributed by atoms with van der Waals surface area (Å²) in [6.45, 7) is -0.200. The molecule has 2 atom stereocenters. The fourth-order valence-corrected chi connectivity index (χ4v) is 6.64. The molecule has 1 aliphatic heterocycles. The molecule has 1 N–H and O–H groups in total. The molecule has 0 bridgehead atoms. The van der Waals surface area contributed by atoms with Gasteiger partial charge in [-0.25, -0.2) is 17.9 Å². The Balaban J connectivity index is 1.52. The topological polar surface area (TPSA) is 92.5 Å². The van der Waals surface area contributed by atoms with Gasteiger partial charge in [0.1, 0.15) is 11.9 Å². The molecule has 2 aromatic rings. The van der Waals surface area contributed by atoms with Gasteiger partial charge in [0.2, 0.25) is 0 Å². The number of hydrogen-bond donors (Lipinski definition) is 1. The number of aromatic nitrogens is 2. The van der Waals surface area contributed by atoms with Crippen LogP contribution in [0, 0.1) is 0 Å². The number of hydrogen-bond acceptors (Lipinski definition) is 5. The van der Waals surface area contributed by atoms with E-state index in [0.717, 1.165) is 56.0 Å². The van der Waals surface area contributed by atoms with Crippen molar-refractivity contribution in [1.82, 2.24) is 9.78 Å². The number of halogens is 3. The quantitative estimate of drug-likeness (QED) is 0.668. The van der Waals surface area contributed by atoms with E-state index in [-0.39, 0.29) is 19.0 Å². The minimum Gasteiger partial charge on any atom is -0.480 e. The molecule has 0 radical (unpaired) electrons. The Kier molecular flexibility index (Phi) is 5.22. The third-order valence-electron chi connectivity index (χ3n) is 6.93. The maximum atomic E-state index is 13.5. The Bertz CT molecular complexity index is 1190. The van der Waals surface area contributed by atoms with Crippen molar-refractivity contribution >= 4 is 21.6 Å². The number of rotatable bonds is 6. The van der Waals surface area contributed by atoms with Crippen LogP contribution in [0.1, 0.15) is 61.7 Å². The van der Waals surface area contributed by atoms with Crippen LogP contribution in [0.15, 0.2) is 35.2 Å². The molecule has 1 saturated heterocycles. The minimum atomic E-state index is -4.84. The van der Waals surface area contributed by atoms with Gasteiger partial charge >= 0.3 is 12.1 Å². The zero-order chi connectivity index (χ0) is 23.5. The Labute approximate surface area is 189 Å². The highest BCUT2D eigenvalue weighted by atomic mass is 32.2. The second-order valence-corrected chi connectivity index (χ2v) is 11.3. The van der Waals surface area contributed by atoms with Gasteiger partial charge in [0.05, 0.1) is 27.4 Å². The number of benzene rings is 1. The van der Waals surface area contributed by atoms with E-state index in [4.69, 9.17) is 5.10 Å². The van der Waals surface area contributed by atoms with Gasteiger partial charge in [-0.1, -0.05) is 12.1 Å². The summed E-state index contributed by atoms with van der Waals surface area (Å²) in [5.41, 5.74) is -0.361. The molecular formula is C22H24F3N3O4S. The highest BCUT2D eigenvalue weighted by molar-refractivity contribution is 7.92. The van der Waals surface area contributed by atoms with Gasteiger partial charge in [-0.15, -0.1) is 0 Å². The van der Waals surface area contributed by atoms with Gasteiger partial charge < -0.3 is 10.0 Å². The summed E-state index contributed by atoms with van der Waals surface area (Å²) in [7, 11) is -4.44. The Morgan fingerprint density at radius 3 is 2.39 bits per heavy atom. The van der Waals surface area contributed by atoms with E-state index in [0.29, 0.717) is 11.7 Å². The highest BCUT2D eigenvalue weighted by Gasteiger charge is 2.48. The lowest BCUT2D eigenvalue weighted by Gasteiger charge is -2.31. The number of anilines is 1. The predicted molar refractivity (Wildman–Crippen MR) is 113 cm³/mol. The van der Waals surface area contributed by atoms with Crippen molar-refractivity contribution in [1.29, 1.82) is 0 Å². The van der Waals surface area contributed by atoms with Crippen molar-refractivity contribution in [2.24, 2.45) is 0 Å². The number of carbonyl (C=O) groups is 1. The van der Waals surface area contributed by atoms with Crippen LogP contribution in [0.5, 0.6) is 0 Å². The van der Waals surface area contributed by atoms with Gasteiger partial charge in [-0.05, 0) is 50.7 Å². The molecule has 0 unspecified atom stereocenters. The van der Waals surface area contributed by atoms with Crippen molar-refractivity contribution in [3.05, 3.63) is 41.6 Å². The molecule has 2 aliphatic carbocycles. The SMILES string of the molecule is O=C(O)[C@@H]1C[C@@H](S(=O)(=O)c2ccccc2C(F)(F)F)CN1c1cc(C2CC2)nn1C1CCC1. The van der Waals surface area contributed by atoms with Gasteiger partial charge in [-0.3, -0.25) is 0 Å². The molecule has 0 spiro atoms. The third-order valence-corrected chi connectivity index (χ3v) is 9.12. The molecule has 11 heteroatoms. The van der Waals surface area contributed by atoms with Crippen LogP contribution < -0.4 is 4.90 Å². The van der Waals surface area contributed by atoms with Gasteiger partial charge in [0.25, 0.3) is 0 Å². The van der Waals surface area contributed by atoms with E-state index < -0.39 is 43.7 Å². The molecule has 1 aromatic carbocycles. The van der Waals surface area contributed by atoms with Gasteiger partial charge in [0.15, 0.2) is 9.84 Å². The average Bonchev–Trinajstić information content (AvgIpc) is 3.31. The van der Waals surface area contributed by atoms with Crippen molar-refractivity contribution < 1.29 is 31.5 Å². The van der Waals surface area contributed by atoms with Crippen LogP contribution in [-0.2, 0) is 20.8 Å². The highest BCUT2D eigenvalue weighted by Crippen LogP contribution is 2.45. The molecule has 1 aromatic heterocycles. The van der Waals surface area contributed by atoms with E-state index in [9.17, 15) is 31.5 Å². The summed E-state index contributed by atoms with van der Waals surface area (Å²) < 4.78 is 68.9. The number of alkyl halides is 3. The number of aliphatic carboxylic acids is 1. The van der Waals surface area contributed by atoms with E-state index in [2.05, 4.69) is 0 Å². The largest absolute Gasteiger partial charge is 0.480 e. The maximum absolute atomic E-state index is 13.5. The summed E-state index contributed by atoms with van der Waals surface area (Å²) in [5, 5.41) is 13.3. The molecule has 2 heterocycles. The molecule has 178 valence electrons. The molecule has 3 aliphatic rings. The predicted octanol–water partition coefficient (Wildman–Crippen LogP) is 4.01. The average molecular weight is 484 g/mol. The number of carboxylic acids is 1. The van der Waals surface area contributed by atoms with Crippen molar-refractivity contribution in [3.63, 3.8) is 0 Å². The van der Waals surface area contributed by atoms with Crippen LogP contribution in [-0.4, -0.2) is 47.1 Å². The molecule has 7 nitrogen and oxygen atoms in total. The molecule has 3 fully saturated rings. The number of carboxylic acid groups (broad SMARTS) is 1. The van der Waals surface area contributed by atoms with E-state index in [1.165, 1.54) is 11.0 Å². The number of nitrogens with zero attached hydrogens (tertiary/aromatic N) is 3. The van der Waals surface area contributed by atoms with Crippen LogP contribution in [0.4, 0.5) is 19.0 Å². The first kappa shape index (κ1) is 22.2. The molecule has 0 amide bonds. The molecule has 2 saturated carbocycles. The standard InChI is InChI=1S/C22H24F3N3O4S/c23-22(24,25)16-6-1-2-7-19(16)33(31,32)15-10-18(21(29)30)27(12-15)20-11-17(13-8-9-13)26-28(20)14-4-3-5-14/h1-2,6-7,11,13-15,18H,3-5,8-10,12H2,(H,29,30)/t15-,18+/m1/s1. The first-order chi connectivity index (χ1) is 15.6. The summed E-state index contributed by atoms with van der Waals surface area (Å²) in [6.07, 6.45) is -0.259. The van der Waals surface area contributed by atoms with Crippen LogP contribution in [0.2, 0.25) is 0 Å². The Morgan fingerprint density at radius 1 is 1.12 bits per heavy atom. The minimum absolute atomic E-state index is 0.128. The first-order valence-corrected chi connectivity index (χ1v) is 12.6. The third kappa shape index (κ3) is 3.89. The monoisotopic (exact) mass is 483 g/mol. The lowest BCUT2D eigenvalue weighted by atomic mass is 9.93. The van der Waals surface area contributed by atoms with Crippen molar-refractivity contribution in [2.75, 3.05) is 11.4 Å². The maximum Gasteiger partial charge on any atom is 0.417 e. The van der Waals surface area contributed by atoms with Crippen molar-refractivity contribution in [3.8, 4) is 0 Å². The fourth-order valence-electron chi connectivity index (χ4n) is 4.73. The smallest absolute Gasteiger partial charge is 0.417 e. The molecular weight excluding hydrogens is 459 g/mol. The summed E-state index contributed by atoms with van der Waals surface area (Å²) >= 11 is 0. The van der Waals surface area contributed by atoms with Crippen LogP contribution >= 0.6 is 0 Å². The van der Waals surface area contributed by atoms with E-state index in [1.807, 2.05) is 10.7 Å². The Morgan fingerprint density at radius 2 is 1.82 bits per heavy atom. The lowest BCUT2D eigenvalue weighted by Crippen LogP contribution is -2.38. The Hall–Kier alpha value is -2.56. The second kappa shape index (κ2) is 7.75. The van der Waals surface area contributed by atoms with E-state index >= 15 is 0 Å². The first-order valence-electron chi connectivity index (χ1n) is 11.1. The van der Waals surface area contributed by atoms with Gasteiger partial charge in [-0.2, -0.15) is 18.3 Å². The lowest BCUT2D eigenvalue weighted by molar-refractivity contribution is -0.140. The van der Waals surface area contributed by atoms with Crippen LogP contribution in [0.25, 0.3) is 0 Å². The van der Waals surface area contributed by atoms with Crippen LogP contribution in [0.3, 0.4) is 0 Å². The molecule has 33 heavy (non-hydrogen) atoms. The zero-order valence-electron chi connectivity index (χ0n) is 17.7. The molecule has 5 rings (SSSR count). The summed E-state index contributed by atoms with van der Waals surface area (Å²) in [4.78, 5) is 12.8. The summed E-state index contributed by atoms with van der Waals surface area (Å²) in [6, 6.07) is 4.87. The second-order valence-electron chi connectivity index (χ2n) is 9.13. The van der Waals surface area contributed by atoms with Crippen molar-refractivity contribution in [2.45, 2.75) is 72.8 Å². The van der Waals surface area contributed by atoms with E-state index in [1.54, 1.807) is 0 Å². The zero-order valence-corrected chi connectivity index (χ0v) is 18.5. The normalized spacial score (nSPS) is 24.2.